The third-order valence-electron chi connectivity index (χ3n) is 2.53. The molecule has 1 aromatic rings. The monoisotopic (exact) mass is 200 g/mol. The van der Waals surface area contributed by atoms with E-state index in [4.69, 9.17) is 0 Å². The Balaban J connectivity index is 2.25. The van der Waals surface area contributed by atoms with Gasteiger partial charge in [0.05, 0.1) is 0 Å². The van der Waals surface area contributed by atoms with Crippen LogP contribution in [0, 0.1) is 0 Å². The molecule has 1 aromatic carbocycles. The van der Waals surface area contributed by atoms with E-state index < -0.39 is 0 Å². The average molecular weight is 200 g/mol. The van der Waals surface area contributed by atoms with Gasteiger partial charge in [0.15, 0.2) is 11.6 Å². The Kier molecular flexibility index (Phi) is 2.77. The van der Waals surface area contributed by atoms with Crippen LogP contribution in [-0.4, -0.2) is 11.6 Å². The number of hydrogen-bond donors (Lipinski definition) is 0. The Hall–Kier alpha value is -1.70. The number of rotatable bonds is 2. The summed E-state index contributed by atoms with van der Waals surface area (Å²) >= 11 is 0. The molecule has 0 saturated heterocycles. The molecular weight excluding hydrogens is 188 g/mol. The summed E-state index contributed by atoms with van der Waals surface area (Å²) in [5.41, 5.74) is 1.32. The number of benzene rings is 1. The number of carbonyl (C=O) groups is 2. The van der Waals surface area contributed by atoms with E-state index in [0.29, 0.717) is 17.6 Å². The van der Waals surface area contributed by atoms with Gasteiger partial charge >= 0.3 is 0 Å². The molecule has 1 aliphatic carbocycles. The van der Waals surface area contributed by atoms with E-state index in [9.17, 15) is 9.59 Å². The third kappa shape index (κ3) is 2.21. The zero-order valence-corrected chi connectivity index (χ0v) is 8.40. The molecule has 0 amide bonds. The van der Waals surface area contributed by atoms with Crippen molar-refractivity contribution in [1.82, 2.24) is 0 Å². The minimum atomic E-state index is -0.0105. The van der Waals surface area contributed by atoms with Crippen molar-refractivity contribution in [1.29, 1.82) is 0 Å². The molecule has 0 spiro atoms. The molecule has 0 aliphatic heterocycles. The second-order valence-electron chi connectivity index (χ2n) is 3.68. The van der Waals surface area contributed by atoms with Gasteiger partial charge in [-0.1, -0.05) is 30.3 Å². The fourth-order valence-electron chi connectivity index (χ4n) is 1.75. The van der Waals surface area contributed by atoms with Crippen molar-refractivity contribution in [2.45, 2.75) is 19.3 Å². The van der Waals surface area contributed by atoms with Crippen molar-refractivity contribution in [3.63, 3.8) is 0 Å². The van der Waals surface area contributed by atoms with Crippen LogP contribution in [0.2, 0.25) is 0 Å². The predicted octanol–water partition coefficient (Wildman–Crippen LogP) is 2.55. The minimum Gasteiger partial charge on any atom is -0.295 e. The lowest BCUT2D eigenvalue weighted by molar-refractivity contribution is -0.115. The van der Waals surface area contributed by atoms with E-state index >= 15 is 0 Å². The summed E-state index contributed by atoms with van der Waals surface area (Å²) in [6.45, 7) is 0. The Morgan fingerprint density at radius 3 is 2.47 bits per heavy atom. The van der Waals surface area contributed by atoms with Gasteiger partial charge in [-0.25, -0.2) is 0 Å². The highest BCUT2D eigenvalue weighted by Crippen LogP contribution is 2.19. The minimum absolute atomic E-state index is 0.0105. The van der Waals surface area contributed by atoms with Crippen LogP contribution in [0.25, 0.3) is 0 Å². The topological polar surface area (TPSA) is 34.1 Å². The van der Waals surface area contributed by atoms with Gasteiger partial charge in [0.25, 0.3) is 0 Å². The summed E-state index contributed by atoms with van der Waals surface area (Å²) in [6, 6.07) is 9.10. The molecule has 1 aliphatic rings. The van der Waals surface area contributed by atoms with Crippen molar-refractivity contribution in [2.24, 2.45) is 0 Å². The number of Topliss-reactive ketones (excluding diaryl/α,β-unsaturated/α-hetero) is 1. The molecule has 0 bridgehead atoms. The van der Waals surface area contributed by atoms with E-state index in [0.717, 1.165) is 12.8 Å². The van der Waals surface area contributed by atoms with Crippen LogP contribution in [-0.2, 0) is 4.79 Å². The first-order chi connectivity index (χ1) is 7.27. The maximum atomic E-state index is 11.9. The number of hydrogen-bond acceptors (Lipinski definition) is 2. The molecule has 0 atom stereocenters. The number of ketones is 2. The highest BCUT2D eigenvalue weighted by Gasteiger charge is 2.17. The van der Waals surface area contributed by atoms with Crippen molar-refractivity contribution >= 4 is 11.6 Å². The molecule has 0 N–H and O–H groups in total. The SMILES string of the molecule is O=C1C=C(C(=O)c2ccccc2)CCC1. The summed E-state index contributed by atoms with van der Waals surface area (Å²) < 4.78 is 0. The smallest absolute Gasteiger partial charge is 0.189 e. The van der Waals surface area contributed by atoms with Gasteiger partial charge in [-0.3, -0.25) is 9.59 Å². The fraction of sp³-hybridized carbons (Fsp3) is 0.231. The van der Waals surface area contributed by atoms with Crippen molar-refractivity contribution in [2.75, 3.05) is 0 Å². The molecule has 0 aromatic heterocycles. The Morgan fingerprint density at radius 1 is 1.07 bits per heavy atom. The molecule has 0 saturated carbocycles. The normalized spacial score (nSPS) is 16.0. The molecule has 0 heterocycles. The molecule has 0 unspecified atom stereocenters. The van der Waals surface area contributed by atoms with Crippen molar-refractivity contribution < 1.29 is 9.59 Å². The molecule has 76 valence electrons. The molecule has 0 radical (unpaired) electrons. The van der Waals surface area contributed by atoms with Gasteiger partial charge in [0.1, 0.15) is 0 Å². The Labute approximate surface area is 88.6 Å². The summed E-state index contributed by atoms with van der Waals surface area (Å²) in [7, 11) is 0. The van der Waals surface area contributed by atoms with Crippen LogP contribution in [0.3, 0.4) is 0 Å². The quantitative estimate of drug-likeness (QED) is 0.687. The lowest BCUT2D eigenvalue weighted by Crippen LogP contribution is -2.10. The number of allylic oxidation sites excluding steroid dienone is 2. The van der Waals surface area contributed by atoms with E-state index in [1.807, 2.05) is 18.2 Å². The lowest BCUT2D eigenvalue weighted by atomic mass is 9.92. The van der Waals surface area contributed by atoms with E-state index in [1.165, 1.54) is 6.08 Å². The zero-order chi connectivity index (χ0) is 10.7. The van der Waals surface area contributed by atoms with E-state index in [2.05, 4.69) is 0 Å². The van der Waals surface area contributed by atoms with Gasteiger partial charge in [-0.2, -0.15) is 0 Å². The van der Waals surface area contributed by atoms with Crippen LogP contribution in [0.1, 0.15) is 29.6 Å². The van der Waals surface area contributed by atoms with E-state index in [-0.39, 0.29) is 11.6 Å². The standard InChI is InChI=1S/C13H12O2/c14-12-8-4-7-11(9-12)13(15)10-5-2-1-3-6-10/h1-3,5-6,9H,4,7-8H2. The Morgan fingerprint density at radius 2 is 1.80 bits per heavy atom. The number of carbonyl (C=O) groups excluding carboxylic acids is 2. The maximum Gasteiger partial charge on any atom is 0.189 e. The summed E-state index contributed by atoms with van der Waals surface area (Å²) in [5.74, 6) is 0.0594. The first-order valence-corrected chi connectivity index (χ1v) is 5.10. The summed E-state index contributed by atoms with van der Waals surface area (Å²) in [4.78, 5) is 23.1. The van der Waals surface area contributed by atoms with Crippen LogP contribution < -0.4 is 0 Å². The molecule has 0 fully saturated rings. The van der Waals surface area contributed by atoms with Gasteiger partial charge in [-0.15, -0.1) is 0 Å². The largest absolute Gasteiger partial charge is 0.295 e. The molecule has 15 heavy (non-hydrogen) atoms. The highest BCUT2D eigenvalue weighted by atomic mass is 16.1. The maximum absolute atomic E-state index is 11.9. The molecule has 2 nitrogen and oxygen atoms in total. The second kappa shape index (κ2) is 4.22. The first-order valence-electron chi connectivity index (χ1n) is 5.10. The van der Waals surface area contributed by atoms with Gasteiger partial charge in [0.2, 0.25) is 0 Å². The lowest BCUT2D eigenvalue weighted by Gasteiger charge is -2.10. The van der Waals surface area contributed by atoms with Crippen LogP contribution in [0.4, 0.5) is 0 Å². The molecule has 2 heteroatoms. The van der Waals surface area contributed by atoms with Crippen molar-refractivity contribution in [3.8, 4) is 0 Å². The second-order valence-corrected chi connectivity index (χ2v) is 3.68. The highest BCUT2D eigenvalue weighted by molar-refractivity contribution is 6.12. The summed E-state index contributed by atoms with van der Waals surface area (Å²) in [5, 5.41) is 0. The molecular formula is C13H12O2. The first kappa shape index (κ1) is 9.84. The van der Waals surface area contributed by atoms with Crippen LogP contribution in [0.15, 0.2) is 42.0 Å². The van der Waals surface area contributed by atoms with Crippen molar-refractivity contribution in [3.05, 3.63) is 47.5 Å². The fourth-order valence-corrected chi connectivity index (χ4v) is 1.75. The molecule has 2 rings (SSSR count). The zero-order valence-electron chi connectivity index (χ0n) is 8.40. The third-order valence-corrected chi connectivity index (χ3v) is 2.53. The Bertz CT molecular complexity index is 415. The van der Waals surface area contributed by atoms with Gasteiger partial charge in [-0.05, 0) is 18.9 Å². The van der Waals surface area contributed by atoms with Crippen LogP contribution >= 0.6 is 0 Å². The van der Waals surface area contributed by atoms with Gasteiger partial charge < -0.3 is 0 Å². The summed E-state index contributed by atoms with van der Waals surface area (Å²) in [6.07, 6.45) is 3.59. The average Bonchev–Trinajstić information content (AvgIpc) is 2.29. The van der Waals surface area contributed by atoms with Crippen LogP contribution in [0.5, 0.6) is 0 Å². The predicted molar refractivity (Wildman–Crippen MR) is 57.7 cm³/mol. The van der Waals surface area contributed by atoms with E-state index in [1.54, 1.807) is 12.1 Å². The van der Waals surface area contributed by atoms with Gasteiger partial charge in [0, 0.05) is 17.6 Å².